The highest BCUT2D eigenvalue weighted by Gasteiger charge is 2.28. The van der Waals surface area contributed by atoms with Crippen LogP contribution < -0.4 is 4.74 Å². The van der Waals surface area contributed by atoms with Crippen molar-refractivity contribution in [3.8, 4) is 5.75 Å². The molecule has 2 heterocycles. The second-order valence-electron chi connectivity index (χ2n) is 5.71. The zero-order valence-corrected chi connectivity index (χ0v) is 14.5. The Kier molecular flexibility index (Phi) is 5.62. The molecule has 0 aliphatic carbocycles. The summed E-state index contributed by atoms with van der Waals surface area (Å²) >= 11 is 0. The summed E-state index contributed by atoms with van der Waals surface area (Å²) in [5.74, 6) is -0.143. The lowest BCUT2D eigenvalue weighted by Gasteiger charge is -2.33. The predicted octanol–water partition coefficient (Wildman–Crippen LogP) is 1.61. The first-order valence-electron chi connectivity index (χ1n) is 8.07. The Morgan fingerprint density at radius 2 is 1.84 bits per heavy atom. The third-order valence-corrected chi connectivity index (χ3v) is 5.99. The molecule has 0 bridgehead atoms. The first kappa shape index (κ1) is 17.8. The third kappa shape index (κ3) is 4.33. The van der Waals surface area contributed by atoms with Crippen LogP contribution in [0.5, 0.6) is 5.75 Å². The summed E-state index contributed by atoms with van der Waals surface area (Å²) in [4.78, 5) is 6.20. The maximum Gasteiger partial charge on any atom is 0.244 e. The Hall–Kier alpha value is -2.03. The number of halogens is 1. The molecule has 0 N–H and O–H groups in total. The Balaban J connectivity index is 1.48. The lowest BCUT2D eigenvalue weighted by Crippen LogP contribution is -2.49. The average molecular weight is 365 g/mol. The van der Waals surface area contributed by atoms with Crippen LogP contribution in [0.3, 0.4) is 0 Å². The zero-order chi connectivity index (χ0) is 17.7. The van der Waals surface area contributed by atoms with E-state index in [-0.39, 0.29) is 16.5 Å². The normalized spacial score (nSPS) is 16.7. The number of para-hydroxylation sites is 1. The van der Waals surface area contributed by atoms with Gasteiger partial charge in [-0.1, -0.05) is 12.1 Å². The average Bonchev–Trinajstić information content (AvgIpc) is 2.64. The predicted molar refractivity (Wildman–Crippen MR) is 91.3 cm³/mol. The summed E-state index contributed by atoms with van der Waals surface area (Å²) in [7, 11) is -3.49. The molecule has 0 saturated carbocycles. The van der Waals surface area contributed by atoms with E-state index in [1.165, 1.54) is 16.6 Å². The maximum absolute atomic E-state index is 13.5. The highest BCUT2D eigenvalue weighted by atomic mass is 32.2. The van der Waals surface area contributed by atoms with E-state index in [0.29, 0.717) is 39.3 Å². The quantitative estimate of drug-likeness (QED) is 0.778. The number of sulfonamides is 1. The molecule has 2 aromatic rings. The molecule has 1 saturated heterocycles. The molecule has 3 rings (SSSR count). The molecular formula is C17H20FN3O3S. The van der Waals surface area contributed by atoms with Crippen LogP contribution in [-0.4, -0.2) is 61.9 Å². The topological polar surface area (TPSA) is 62.7 Å². The second-order valence-corrected chi connectivity index (χ2v) is 7.65. The van der Waals surface area contributed by atoms with E-state index in [1.807, 2.05) is 0 Å². The molecule has 8 heteroatoms. The molecule has 25 heavy (non-hydrogen) atoms. The lowest BCUT2D eigenvalue weighted by atomic mass is 10.3. The third-order valence-electron chi connectivity index (χ3n) is 4.11. The van der Waals surface area contributed by atoms with Gasteiger partial charge in [0.25, 0.3) is 0 Å². The van der Waals surface area contributed by atoms with Crippen molar-refractivity contribution in [2.75, 3.05) is 39.3 Å². The molecule has 0 unspecified atom stereocenters. The van der Waals surface area contributed by atoms with E-state index in [1.54, 1.807) is 36.5 Å². The minimum absolute atomic E-state index is 0.214. The van der Waals surface area contributed by atoms with Crippen LogP contribution in [-0.2, 0) is 10.0 Å². The number of aromatic nitrogens is 1. The van der Waals surface area contributed by atoms with Gasteiger partial charge in [-0.25, -0.2) is 12.8 Å². The molecule has 1 aromatic heterocycles. The largest absolute Gasteiger partial charge is 0.489 e. The van der Waals surface area contributed by atoms with Gasteiger partial charge in [-0.2, -0.15) is 4.31 Å². The SMILES string of the molecule is O=S(=O)(c1cccnc1)N1CCN(CCOc2ccccc2F)CC1. The van der Waals surface area contributed by atoms with E-state index in [2.05, 4.69) is 9.88 Å². The minimum atomic E-state index is -3.49. The number of hydrogen-bond donors (Lipinski definition) is 0. The summed E-state index contributed by atoms with van der Waals surface area (Å²) in [5.41, 5.74) is 0. The van der Waals surface area contributed by atoms with Crippen molar-refractivity contribution >= 4 is 10.0 Å². The van der Waals surface area contributed by atoms with Crippen LogP contribution in [0, 0.1) is 5.82 Å². The standard InChI is InChI=1S/C17H20FN3O3S/c18-16-5-1-2-6-17(16)24-13-12-20-8-10-21(11-9-20)25(22,23)15-4-3-7-19-14-15/h1-7,14H,8-13H2. The van der Waals surface area contributed by atoms with Crippen molar-refractivity contribution in [2.45, 2.75) is 4.90 Å². The van der Waals surface area contributed by atoms with Gasteiger partial charge >= 0.3 is 0 Å². The highest BCUT2D eigenvalue weighted by molar-refractivity contribution is 7.89. The number of pyridine rings is 1. The second kappa shape index (κ2) is 7.90. The van der Waals surface area contributed by atoms with Crippen molar-refractivity contribution in [2.24, 2.45) is 0 Å². The van der Waals surface area contributed by atoms with Gasteiger partial charge in [0.15, 0.2) is 11.6 Å². The number of hydrogen-bond acceptors (Lipinski definition) is 5. The minimum Gasteiger partial charge on any atom is -0.489 e. The number of piperazine rings is 1. The van der Waals surface area contributed by atoms with Crippen LogP contribution in [0.2, 0.25) is 0 Å². The van der Waals surface area contributed by atoms with Gasteiger partial charge in [0.1, 0.15) is 11.5 Å². The molecule has 6 nitrogen and oxygen atoms in total. The number of ether oxygens (including phenoxy) is 1. The van der Waals surface area contributed by atoms with Gasteiger partial charge in [0, 0.05) is 45.1 Å². The molecule has 134 valence electrons. The monoisotopic (exact) mass is 365 g/mol. The highest BCUT2D eigenvalue weighted by Crippen LogP contribution is 2.17. The molecule has 0 radical (unpaired) electrons. The fourth-order valence-corrected chi connectivity index (χ4v) is 4.08. The molecule has 1 fully saturated rings. The molecule has 1 aliphatic heterocycles. The van der Waals surface area contributed by atoms with Crippen molar-refractivity contribution in [3.63, 3.8) is 0 Å². The van der Waals surface area contributed by atoms with Crippen LogP contribution in [0.4, 0.5) is 4.39 Å². The Morgan fingerprint density at radius 1 is 1.08 bits per heavy atom. The van der Waals surface area contributed by atoms with E-state index >= 15 is 0 Å². The van der Waals surface area contributed by atoms with Crippen LogP contribution >= 0.6 is 0 Å². The summed E-state index contributed by atoms with van der Waals surface area (Å²) in [6.07, 6.45) is 2.91. The zero-order valence-electron chi connectivity index (χ0n) is 13.7. The first-order valence-corrected chi connectivity index (χ1v) is 9.51. The van der Waals surface area contributed by atoms with E-state index in [9.17, 15) is 12.8 Å². The fraction of sp³-hybridized carbons (Fsp3) is 0.353. The molecule has 0 atom stereocenters. The number of nitrogens with zero attached hydrogens (tertiary/aromatic N) is 3. The summed E-state index contributed by atoms with van der Waals surface area (Å²) in [6.45, 7) is 3.03. The van der Waals surface area contributed by atoms with Gasteiger partial charge in [-0.15, -0.1) is 0 Å². The molecule has 0 spiro atoms. The van der Waals surface area contributed by atoms with Gasteiger partial charge < -0.3 is 4.74 Å². The first-order chi connectivity index (χ1) is 12.1. The Labute approximate surface area is 146 Å². The smallest absolute Gasteiger partial charge is 0.244 e. The van der Waals surface area contributed by atoms with Crippen molar-refractivity contribution in [1.82, 2.24) is 14.2 Å². The lowest BCUT2D eigenvalue weighted by molar-refractivity contribution is 0.157. The van der Waals surface area contributed by atoms with Gasteiger partial charge in [0.2, 0.25) is 10.0 Å². The van der Waals surface area contributed by atoms with Gasteiger partial charge in [0.05, 0.1) is 0 Å². The number of rotatable bonds is 6. The van der Waals surface area contributed by atoms with Crippen LogP contribution in [0.15, 0.2) is 53.7 Å². The summed E-state index contributed by atoms with van der Waals surface area (Å²) in [6, 6.07) is 9.45. The van der Waals surface area contributed by atoms with E-state index in [0.717, 1.165) is 0 Å². The number of benzene rings is 1. The molecule has 0 amide bonds. The Bertz CT molecular complexity index is 794. The summed E-state index contributed by atoms with van der Waals surface area (Å²) < 4.78 is 45.5. The van der Waals surface area contributed by atoms with E-state index in [4.69, 9.17) is 4.74 Å². The molecular weight excluding hydrogens is 345 g/mol. The van der Waals surface area contributed by atoms with Crippen LogP contribution in [0.25, 0.3) is 0 Å². The Morgan fingerprint density at radius 3 is 2.52 bits per heavy atom. The van der Waals surface area contributed by atoms with E-state index < -0.39 is 10.0 Å². The van der Waals surface area contributed by atoms with Gasteiger partial charge in [-0.05, 0) is 24.3 Å². The van der Waals surface area contributed by atoms with Gasteiger partial charge in [-0.3, -0.25) is 9.88 Å². The van der Waals surface area contributed by atoms with Crippen molar-refractivity contribution in [1.29, 1.82) is 0 Å². The molecule has 1 aromatic carbocycles. The molecule has 1 aliphatic rings. The van der Waals surface area contributed by atoms with Crippen molar-refractivity contribution in [3.05, 3.63) is 54.6 Å². The van der Waals surface area contributed by atoms with Crippen molar-refractivity contribution < 1.29 is 17.5 Å². The van der Waals surface area contributed by atoms with Crippen LogP contribution in [0.1, 0.15) is 0 Å². The maximum atomic E-state index is 13.5. The fourth-order valence-electron chi connectivity index (χ4n) is 2.69. The summed E-state index contributed by atoms with van der Waals surface area (Å²) in [5, 5.41) is 0.